The normalized spacial score (nSPS) is 12.8. The molecule has 0 aromatic heterocycles. The zero-order valence-corrected chi connectivity index (χ0v) is 17.7. The molecule has 152 valence electrons. The summed E-state index contributed by atoms with van der Waals surface area (Å²) >= 11 is 0. The van der Waals surface area contributed by atoms with E-state index in [0.29, 0.717) is 12.8 Å². The predicted octanol–water partition coefficient (Wildman–Crippen LogP) is 5.67. The first-order valence-electron chi connectivity index (χ1n) is 10.5. The molecule has 1 unspecified atom stereocenters. The molecule has 4 rings (SSSR count). The molecule has 0 heterocycles. The number of rotatable bonds is 6. The van der Waals surface area contributed by atoms with Crippen molar-refractivity contribution in [2.45, 2.75) is 38.3 Å². The van der Waals surface area contributed by atoms with Gasteiger partial charge in [0.05, 0.1) is 11.6 Å². The highest BCUT2D eigenvalue weighted by molar-refractivity contribution is 5.83. The number of nitrogens with two attached hydrogens (primary N) is 1. The van der Waals surface area contributed by atoms with Crippen LogP contribution in [0.25, 0.3) is 10.8 Å². The Labute approximate surface area is 179 Å². The van der Waals surface area contributed by atoms with Crippen LogP contribution in [0.1, 0.15) is 33.9 Å². The quantitative estimate of drug-likeness (QED) is 0.442. The van der Waals surface area contributed by atoms with Gasteiger partial charge in [-0.15, -0.1) is 0 Å². The van der Waals surface area contributed by atoms with Crippen LogP contribution in [-0.4, -0.2) is 10.7 Å². The van der Waals surface area contributed by atoms with Crippen LogP contribution in [0.15, 0.2) is 91.0 Å². The van der Waals surface area contributed by atoms with Crippen molar-refractivity contribution in [3.8, 4) is 0 Å². The highest BCUT2D eigenvalue weighted by Gasteiger charge is 2.36. The molecule has 4 aromatic rings. The van der Waals surface area contributed by atoms with Gasteiger partial charge in [0, 0.05) is 12.8 Å². The molecule has 0 saturated heterocycles. The van der Waals surface area contributed by atoms with Gasteiger partial charge in [0.2, 0.25) is 0 Å². The van der Waals surface area contributed by atoms with Crippen LogP contribution in [0.3, 0.4) is 0 Å². The first-order valence-corrected chi connectivity index (χ1v) is 10.5. The molecule has 0 aliphatic rings. The number of aliphatic hydroxyl groups is 1. The van der Waals surface area contributed by atoms with Gasteiger partial charge < -0.3 is 10.8 Å². The molecule has 4 aromatic carbocycles. The Bertz CT molecular complexity index is 1080. The topological polar surface area (TPSA) is 46.2 Å². The van der Waals surface area contributed by atoms with Gasteiger partial charge in [-0.2, -0.15) is 0 Å². The molecule has 30 heavy (non-hydrogen) atoms. The second-order valence-electron chi connectivity index (χ2n) is 8.51. The number of hydrogen-bond acceptors (Lipinski definition) is 2. The van der Waals surface area contributed by atoms with Gasteiger partial charge in [-0.25, -0.2) is 0 Å². The second kappa shape index (κ2) is 8.43. The minimum Gasteiger partial charge on any atom is -0.387 e. The molecule has 2 nitrogen and oxygen atoms in total. The third-order valence-electron chi connectivity index (χ3n) is 5.97. The van der Waals surface area contributed by atoms with Crippen LogP contribution in [0.4, 0.5) is 0 Å². The Hall–Kier alpha value is -2.94. The molecule has 2 heteroatoms. The summed E-state index contributed by atoms with van der Waals surface area (Å²) < 4.78 is 0. The third kappa shape index (κ3) is 4.46. The SMILES string of the molecule is Cc1ccc(CC(O)(Cc2ccc(C)cc2)C(N)c2ccc3ccccc3c2)cc1. The largest absolute Gasteiger partial charge is 0.387 e. The van der Waals surface area contributed by atoms with E-state index in [1.54, 1.807) is 0 Å². The average molecular weight is 396 g/mol. The standard InChI is InChI=1S/C28H29NO/c1-20-7-11-22(12-8-20)18-28(30,19-23-13-9-21(2)10-14-23)27(29)26-16-15-24-5-3-4-6-25(24)17-26/h3-17,27,30H,18-19,29H2,1-2H3. The average Bonchev–Trinajstić information content (AvgIpc) is 2.76. The molecular weight excluding hydrogens is 366 g/mol. The van der Waals surface area contributed by atoms with E-state index in [9.17, 15) is 5.11 Å². The lowest BCUT2D eigenvalue weighted by Gasteiger charge is -2.35. The Balaban J connectivity index is 1.71. The van der Waals surface area contributed by atoms with Gasteiger partial charge in [-0.05, 0) is 47.4 Å². The predicted molar refractivity (Wildman–Crippen MR) is 126 cm³/mol. The fourth-order valence-corrected chi connectivity index (χ4v) is 4.11. The summed E-state index contributed by atoms with van der Waals surface area (Å²) in [5, 5.41) is 14.2. The monoisotopic (exact) mass is 395 g/mol. The van der Waals surface area contributed by atoms with Crippen molar-refractivity contribution < 1.29 is 5.11 Å². The number of fused-ring (bicyclic) bond motifs is 1. The summed E-state index contributed by atoms with van der Waals surface area (Å²) in [6, 6.07) is 30.7. The van der Waals surface area contributed by atoms with Crippen LogP contribution in [0.2, 0.25) is 0 Å². The number of aryl methyl sites for hydroxylation is 2. The molecule has 0 spiro atoms. The summed E-state index contributed by atoms with van der Waals surface area (Å²) in [7, 11) is 0. The van der Waals surface area contributed by atoms with E-state index >= 15 is 0 Å². The first kappa shape index (κ1) is 20.3. The van der Waals surface area contributed by atoms with E-state index in [1.165, 1.54) is 16.5 Å². The van der Waals surface area contributed by atoms with Crippen LogP contribution < -0.4 is 5.73 Å². The molecule has 0 saturated carbocycles. The van der Waals surface area contributed by atoms with Gasteiger partial charge >= 0.3 is 0 Å². The lowest BCUT2D eigenvalue weighted by Crippen LogP contribution is -2.45. The smallest absolute Gasteiger partial charge is 0.0919 e. The van der Waals surface area contributed by atoms with Gasteiger partial charge in [-0.3, -0.25) is 0 Å². The van der Waals surface area contributed by atoms with E-state index in [2.05, 4.69) is 86.6 Å². The van der Waals surface area contributed by atoms with E-state index in [1.807, 2.05) is 18.2 Å². The third-order valence-corrected chi connectivity index (χ3v) is 5.97. The van der Waals surface area contributed by atoms with E-state index in [0.717, 1.165) is 22.1 Å². The van der Waals surface area contributed by atoms with Crippen LogP contribution >= 0.6 is 0 Å². The maximum absolute atomic E-state index is 11.9. The second-order valence-corrected chi connectivity index (χ2v) is 8.51. The van der Waals surface area contributed by atoms with E-state index < -0.39 is 11.6 Å². The number of benzene rings is 4. The molecular formula is C28H29NO. The Morgan fingerprint density at radius 3 is 1.73 bits per heavy atom. The molecule has 0 radical (unpaired) electrons. The Kier molecular flexibility index (Phi) is 5.72. The number of hydrogen-bond donors (Lipinski definition) is 2. The van der Waals surface area contributed by atoms with E-state index in [-0.39, 0.29) is 0 Å². The molecule has 0 amide bonds. The first-order chi connectivity index (χ1) is 14.4. The maximum Gasteiger partial charge on any atom is 0.0919 e. The lowest BCUT2D eigenvalue weighted by atomic mass is 9.79. The fraction of sp³-hybridized carbons (Fsp3) is 0.214. The summed E-state index contributed by atoms with van der Waals surface area (Å²) in [4.78, 5) is 0. The van der Waals surface area contributed by atoms with Gasteiger partial charge in [0.25, 0.3) is 0 Å². The molecule has 3 N–H and O–H groups in total. The zero-order valence-electron chi connectivity index (χ0n) is 17.7. The van der Waals surface area contributed by atoms with Crippen LogP contribution in [-0.2, 0) is 12.8 Å². The summed E-state index contributed by atoms with van der Waals surface area (Å²) in [6.45, 7) is 4.15. The van der Waals surface area contributed by atoms with E-state index in [4.69, 9.17) is 5.73 Å². The van der Waals surface area contributed by atoms with Gasteiger partial charge in [0.15, 0.2) is 0 Å². The molecule has 0 bridgehead atoms. The van der Waals surface area contributed by atoms with Crippen molar-refractivity contribution >= 4 is 10.8 Å². The molecule has 0 fully saturated rings. The summed E-state index contributed by atoms with van der Waals surface area (Å²) in [5.74, 6) is 0. The van der Waals surface area contributed by atoms with Crippen molar-refractivity contribution in [3.05, 3.63) is 119 Å². The highest BCUT2D eigenvalue weighted by atomic mass is 16.3. The molecule has 0 aliphatic heterocycles. The Morgan fingerprint density at radius 1 is 0.700 bits per heavy atom. The van der Waals surface area contributed by atoms with Crippen molar-refractivity contribution in [2.24, 2.45) is 5.73 Å². The highest BCUT2D eigenvalue weighted by Crippen LogP contribution is 2.32. The lowest BCUT2D eigenvalue weighted by molar-refractivity contribution is 0.0137. The van der Waals surface area contributed by atoms with Crippen molar-refractivity contribution in [1.82, 2.24) is 0 Å². The van der Waals surface area contributed by atoms with Crippen molar-refractivity contribution in [3.63, 3.8) is 0 Å². The van der Waals surface area contributed by atoms with Crippen molar-refractivity contribution in [1.29, 1.82) is 0 Å². The van der Waals surface area contributed by atoms with Crippen LogP contribution in [0, 0.1) is 13.8 Å². The van der Waals surface area contributed by atoms with Crippen molar-refractivity contribution in [2.75, 3.05) is 0 Å². The van der Waals surface area contributed by atoms with Gasteiger partial charge in [0.1, 0.15) is 0 Å². The minimum atomic E-state index is -1.10. The summed E-state index contributed by atoms with van der Waals surface area (Å²) in [6.07, 6.45) is 0.990. The molecule has 0 aliphatic carbocycles. The zero-order chi connectivity index (χ0) is 21.1. The minimum absolute atomic E-state index is 0.495. The molecule has 1 atom stereocenters. The van der Waals surface area contributed by atoms with Gasteiger partial charge in [-0.1, -0.05) is 96.1 Å². The Morgan fingerprint density at radius 2 is 1.20 bits per heavy atom. The fourth-order valence-electron chi connectivity index (χ4n) is 4.11. The van der Waals surface area contributed by atoms with Crippen LogP contribution in [0.5, 0.6) is 0 Å². The maximum atomic E-state index is 11.9. The summed E-state index contributed by atoms with van der Waals surface area (Å²) in [5.41, 5.74) is 11.2.